The summed E-state index contributed by atoms with van der Waals surface area (Å²) in [6.07, 6.45) is 1.76. The Morgan fingerprint density at radius 2 is 2.09 bits per heavy atom. The van der Waals surface area contributed by atoms with Crippen LogP contribution in [0, 0.1) is 0 Å². The van der Waals surface area contributed by atoms with Gasteiger partial charge in [0, 0.05) is 15.5 Å². The lowest BCUT2D eigenvalue weighted by molar-refractivity contribution is -0.139. The maximum absolute atomic E-state index is 13.5. The van der Waals surface area contributed by atoms with Gasteiger partial charge in [0.05, 0.1) is 29.0 Å². The number of hydrogen-bond acceptors (Lipinski definition) is 7. The van der Waals surface area contributed by atoms with Crippen molar-refractivity contribution in [2.75, 3.05) is 13.2 Å². The number of nitrogens with zero attached hydrogens (tertiary/aromatic N) is 2. The van der Waals surface area contributed by atoms with Crippen molar-refractivity contribution >= 4 is 46.3 Å². The van der Waals surface area contributed by atoms with E-state index in [2.05, 4.69) is 4.99 Å². The van der Waals surface area contributed by atoms with E-state index in [4.69, 9.17) is 21.1 Å². The molecule has 166 valence electrons. The summed E-state index contributed by atoms with van der Waals surface area (Å²) in [4.78, 5) is 32.3. The molecule has 3 heterocycles. The Bertz CT molecular complexity index is 1370. The Hall–Kier alpha value is -2.68. The standard InChI is InChI=1S/C23H21ClN2O4S2/c1-4-29-16-9-8-15(24)11-14(16)12-18-21(27)26-20(17-7-6-10-31-17)19(22(28)30-5-2)13(3)25-23(26)32-18/h6-12,20H,4-5H2,1-3H3/b18-12-/t20-/m0/s1. The van der Waals surface area contributed by atoms with Gasteiger partial charge >= 0.3 is 5.97 Å². The Labute approximate surface area is 197 Å². The predicted molar refractivity (Wildman–Crippen MR) is 127 cm³/mol. The number of carbonyl (C=O) groups is 1. The molecule has 4 rings (SSSR count). The zero-order valence-corrected chi connectivity index (χ0v) is 20.1. The summed E-state index contributed by atoms with van der Waals surface area (Å²) >= 11 is 8.94. The highest BCUT2D eigenvalue weighted by molar-refractivity contribution is 7.10. The summed E-state index contributed by atoms with van der Waals surface area (Å²) in [5.74, 6) is 0.177. The summed E-state index contributed by atoms with van der Waals surface area (Å²) in [6.45, 7) is 6.15. The second-order valence-electron chi connectivity index (χ2n) is 6.93. The largest absolute Gasteiger partial charge is 0.493 e. The first-order valence-electron chi connectivity index (χ1n) is 10.1. The minimum absolute atomic E-state index is 0.233. The number of hydrogen-bond donors (Lipinski definition) is 0. The topological polar surface area (TPSA) is 69.9 Å². The average molecular weight is 489 g/mol. The molecule has 3 aromatic rings. The maximum atomic E-state index is 13.5. The lowest BCUT2D eigenvalue weighted by atomic mass is 10.0. The summed E-state index contributed by atoms with van der Waals surface area (Å²) < 4.78 is 13.0. The predicted octanol–water partition coefficient (Wildman–Crippen LogP) is 3.91. The zero-order chi connectivity index (χ0) is 22.8. The van der Waals surface area contributed by atoms with Gasteiger partial charge in [0.15, 0.2) is 4.80 Å². The van der Waals surface area contributed by atoms with Gasteiger partial charge in [0.25, 0.3) is 5.56 Å². The van der Waals surface area contributed by atoms with Crippen molar-refractivity contribution in [3.63, 3.8) is 0 Å². The highest BCUT2D eigenvalue weighted by Gasteiger charge is 2.33. The van der Waals surface area contributed by atoms with Crippen molar-refractivity contribution in [2.45, 2.75) is 26.8 Å². The molecule has 0 amide bonds. The van der Waals surface area contributed by atoms with E-state index in [0.29, 0.717) is 43.5 Å². The fraction of sp³-hybridized carbons (Fsp3) is 0.261. The van der Waals surface area contributed by atoms with Gasteiger partial charge in [-0.05, 0) is 56.5 Å². The van der Waals surface area contributed by atoms with Crippen LogP contribution < -0.4 is 19.6 Å². The van der Waals surface area contributed by atoms with E-state index < -0.39 is 12.0 Å². The Balaban J connectivity index is 1.94. The van der Waals surface area contributed by atoms with Crippen LogP contribution in [0.2, 0.25) is 5.02 Å². The fourth-order valence-electron chi connectivity index (χ4n) is 3.57. The van der Waals surface area contributed by atoms with Crippen LogP contribution in [0.1, 0.15) is 37.3 Å². The molecule has 0 fully saturated rings. The van der Waals surface area contributed by atoms with E-state index in [9.17, 15) is 9.59 Å². The molecule has 0 saturated carbocycles. The Kier molecular flexibility index (Phi) is 6.64. The molecule has 1 atom stereocenters. The van der Waals surface area contributed by atoms with Crippen LogP contribution in [0.25, 0.3) is 6.08 Å². The molecule has 0 saturated heterocycles. The molecule has 32 heavy (non-hydrogen) atoms. The molecular formula is C23H21ClN2O4S2. The number of thiophene rings is 1. The highest BCUT2D eigenvalue weighted by Crippen LogP contribution is 2.33. The van der Waals surface area contributed by atoms with Gasteiger partial charge in [-0.2, -0.15) is 0 Å². The third-order valence-electron chi connectivity index (χ3n) is 4.89. The van der Waals surface area contributed by atoms with Crippen LogP contribution in [0.5, 0.6) is 5.75 Å². The van der Waals surface area contributed by atoms with Gasteiger partial charge in [0.1, 0.15) is 11.8 Å². The van der Waals surface area contributed by atoms with Crippen LogP contribution in [0.15, 0.2) is 56.8 Å². The monoisotopic (exact) mass is 488 g/mol. The van der Waals surface area contributed by atoms with Gasteiger partial charge in [-0.1, -0.05) is 29.0 Å². The number of esters is 1. The molecular weight excluding hydrogens is 468 g/mol. The number of allylic oxidation sites excluding steroid dienone is 1. The molecule has 0 radical (unpaired) electrons. The van der Waals surface area contributed by atoms with Gasteiger partial charge in [0.2, 0.25) is 0 Å². The van der Waals surface area contributed by atoms with Crippen molar-refractivity contribution < 1.29 is 14.3 Å². The summed E-state index contributed by atoms with van der Waals surface area (Å²) in [6, 6.07) is 8.52. The fourth-order valence-corrected chi connectivity index (χ4v) is 5.61. The molecule has 6 nitrogen and oxygen atoms in total. The average Bonchev–Trinajstić information content (AvgIpc) is 3.38. The lowest BCUT2D eigenvalue weighted by Crippen LogP contribution is -2.39. The molecule has 0 aliphatic carbocycles. The third-order valence-corrected chi connectivity index (χ3v) is 7.03. The quantitative estimate of drug-likeness (QED) is 0.493. The summed E-state index contributed by atoms with van der Waals surface area (Å²) in [7, 11) is 0. The highest BCUT2D eigenvalue weighted by atomic mass is 35.5. The van der Waals surface area contributed by atoms with Crippen LogP contribution in [-0.4, -0.2) is 23.8 Å². The molecule has 0 spiro atoms. The smallest absolute Gasteiger partial charge is 0.338 e. The SMILES string of the molecule is CCOC(=O)C1=C(C)N=c2s/c(=C\c3cc(Cl)ccc3OCC)c(=O)n2[C@H]1c1cccs1. The van der Waals surface area contributed by atoms with Crippen LogP contribution in [0.4, 0.5) is 0 Å². The number of ether oxygens (including phenoxy) is 2. The van der Waals surface area contributed by atoms with Crippen LogP contribution in [-0.2, 0) is 9.53 Å². The minimum Gasteiger partial charge on any atom is -0.493 e. The van der Waals surface area contributed by atoms with E-state index in [1.165, 1.54) is 22.7 Å². The lowest BCUT2D eigenvalue weighted by Gasteiger charge is -2.23. The third kappa shape index (κ3) is 4.18. The van der Waals surface area contributed by atoms with Gasteiger partial charge < -0.3 is 9.47 Å². The number of fused-ring (bicyclic) bond motifs is 1. The number of thiazole rings is 1. The van der Waals surface area contributed by atoms with E-state index in [1.807, 2.05) is 24.4 Å². The minimum atomic E-state index is -0.585. The first kappa shape index (κ1) is 22.5. The molecule has 1 aromatic carbocycles. The first-order chi connectivity index (χ1) is 15.4. The molecule has 9 heteroatoms. The molecule has 0 bridgehead atoms. The van der Waals surface area contributed by atoms with E-state index >= 15 is 0 Å². The Morgan fingerprint density at radius 3 is 2.78 bits per heavy atom. The molecule has 1 aliphatic heterocycles. The number of halogens is 1. The number of benzene rings is 1. The summed E-state index contributed by atoms with van der Waals surface area (Å²) in [5, 5.41) is 2.47. The second-order valence-corrected chi connectivity index (χ2v) is 9.36. The van der Waals surface area contributed by atoms with E-state index in [-0.39, 0.29) is 12.2 Å². The first-order valence-corrected chi connectivity index (χ1v) is 12.2. The van der Waals surface area contributed by atoms with Crippen molar-refractivity contribution in [2.24, 2.45) is 4.99 Å². The van der Waals surface area contributed by atoms with Gasteiger partial charge in [-0.3, -0.25) is 9.36 Å². The Morgan fingerprint density at radius 1 is 1.28 bits per heavy atom. The summed E-state index contributed by atoms with van der Waals surface area (Å²) in [5.41, 5.74) is 1.40. The van der Waals surface area contributed by atoms with Crippen molar-refractivity contribution in [3.05, 3.63) is 82.1 Å². The van der Waals surface area contributed by atoms with Gasteiger partial charge in [-0.25, -0.2) is 9.79 Å². The van der Waals surface area contributed by atoms with Crippen LogP contribution >= 0.6 is 34.3 Å². The number of aromatic nitrogens is 1. The number of rotatable bonds is 6. The van der Waals surface area contributed by atoms with Gasteiger partial charge in [-0.15, -0.1) is 11.3 Å². The molecule has 0 unspecified atom stereocenters. The van der Waals surface area contributed by atoms with Crippen molar-refractivity contribution in [3.8, 4) is 5.75 Å². The maximum Gasteiger partial charge on any atom is 0.338 e. The van der Waals surface area contributed by atoms with Crippen molar-refractivity contribution in [1.29, 1.82) is 0 Å². The zero-order valence-electron chi connectivity index (χ0n) is 17.8. The number of carbonyl (C=O) groups excluding carboxylic acids is 1. The second kappa shape index (κ2) is 9.44. The van der Waals surface area contributed by atoms with E-state index in [1.54, 1.807) is 42.7 Å². The normalized spacial score (nSPS) is 16.0. The molecule has 0 N–H and O–H groups in total. The van der Waals surface area contributed by atoms with Crippen molar-refractivity contribution in [1.82, 2.24) is 4.57 Å². The molecule has 2 aromatic heterocycles. The van der Waals surface area contributed by atoms with Crippen LogP contribution in [0.3, 0.4) is 0 Å². The molecule has 1 aliphatic rings. The van der Waals surface area contributed by atoms with E-state index in [0.717, 1.165) is 4.88 Å².